The summed E-state index contributed by atoms with van der Waals surface area (Å²) >= 11 is 5.53. The fourth-order valence-electron chi connectivity index (χ4n) is 2.23. The molecule has 1 aromatic heterocycles. The molecule has 0 aliphatic carbocycles. The van der Waals surface area contributed by atoms with Crippen LogP contribution in [-0.2, 0) is 4.79 Å². The first kappa shape index (κ1) is 14.5. The molecule has 3 rings (SSSR count). The van der Waals surface area contributed by atoms with E-state index < -0.39 is 0 Å². The first-order valence-electron chi connectivity index (χ1n) is 7.09. The zero-order chi connectivity index (χ0) is 15.7. The van der Waals surface area contributed by atoms with Crippen molar-refractivity contribution in [2.75, 3.05) is 0 Å². The molecule has 0 spiro atoms. The number of hydrogen-bond acceptors (Lipinski definition) is 3. The Kier molecular flexibility index (Phi) is 3.81. The first-order valence-corrected chi connectivity index (χ1v) is 7.50. The minimum atomic E-state index is -0.313. The number of hydrogen-bond donors (Lipinski definition) is 0. The molecule has 0 bridgehead atoms. The molecule has 0 aliphatic rings. The lowest BCUT2D eigenvalue weighted by molar-refractivity contribution is -0.147. The highest BCUT2D eigenvalue weighted by molar-refractivity contribution is 7.71. The minimum absolute atomic E-state index is 0.222. The lowest BCUT2D eigenvalue weighted by atomic mass is 10.2. The van der Waals surface area contributed by atoms with Gasteiger partial charge < -0.3 is 4.84 Å². The van der Waals surface area contributed by atoms with E-state index in [4.69, 9.17) is 17.1 Å². The second-order valence-corrected chi connectivity index (χ2v) is 5.67. The van der Waals surface area contributed by atoms with Crippen LogP contribution in [0.1, 0.15) is 13.8 Å². The number of benzene rings is 2. The zero-order valence-electron chi connectivity index (χ0n) is 12.4. The maximum atomic E-state index is 12.0. The molecule has 0 saturated carbocycles. The van der Waals surface area contributed by atoms with E-state index >= 15 is 0 Å². The van der Waals surface area contributed by atoms with Crippen LogP contribution in [-0.4, -0.2) is 15.3 Å². The number of fused-ring (bicyclic) bond motifs is 1. The van der Waals surface area contributed by atoms with Crippen LogP contribution in [0.5, 0.6) is 0 Å². The Morgan fingerprint density at radius 3 is 2.23 bits per heavy atom. The lowest BCUT2D eigenvalue weighted by Gasteiger charge is -2.07. The van der Waals surface area contributed by atoms with Gasteiger partial charge in [-0.25, -0.2) is 4.79 Å². The molecular weight excluding hydrogens is 296 g/mol. The molecule has 0 saturated heterocycles. The number of rotatable bonds is 3. The first-order chi connectivity index (χ1) is 10.6. The van der Waals surface area contributed by atoms with Gasteiger partial charge in [0, 0.05) is 5.69 Å². The fourth-order valence-corrected chi connectivity index (χ4v) is 2.57. The van der Waals surface area contributed by atoms with Crippen LogP contribution in [0.25, 0.3) is 16.7 Å². The standard InChI is InChI=1S/C17H16N2O2S/c1-12(2)16(20)21-19-15-11-7-6-10-14(15)18(17(19)22)13-8-4-3-5-9-13/h3-12H,1-2H3. The molecule has 0 unspecified atom stereocenters. The van der Waals surface area contributed by atoms with Crippen LogP contribution >= 0.6 is 12.2 Å². The number of nitrogens with zero attached hydrogens (tertiary/aromatic N) is 2. The predicted octanol–water partition coefficient (Wildman–Crippen LogP) is 3.77. The van der Waals surface area contributed by atoms with Crippen molar-refractivity contribution in [3.8, 4) is 5.69 Å². The summed E-state index contributed by atoms with van der Waals surface area (Å²) in [6.07, 6.45) is 0. The van der Waals surface area contributed by atoms with Crippen molar-refractivity contribution in [1.29, 1.82) is 0 Å². The molecular formula is C17H16N2O2S. The van der Waals surface area contributed by atoms with Crippen LogP contribution in [0, 0.1) is 10.7 Å². The van der Waals surface area contributed by atoms with E-state index in [-0.39, 0.29) is 11.9 Å². The van der Waals surface area contributed by atoms with Crippen LogP contribution in [0.15, 0.2) is 54.6 Å². The maximum absolute atomic E-state index is 12.0. The number of carbonyl (C=O) groups is 1. The van der Waals surface area contributed by atoms with Crippen LogP contribution in [0.3, 0.4) is 0 Å². The summed E-state index contributed by atoms with van der Waals surface area (Å²) in [5, 5.41) is 0. The second-order valence-electron chi connectivity index (χ2n) is 5.30. The summed E-state index contributed by atoms with van der Waals surface area (Å²) in [5.41, 5.74) is 2.60. The van der Waals surface area contributed by atoms with E-state index in [1.807, 2.05) is 59.2 Å². The third kappa shape index (κ3) is 2.44. The number of para-hydroxylation sites is 3. The number of aromatic nitrogens is 2. The van der Waals surface area contributed by atoms with Crippen molar-refractivity contribution >= 4 is 29.2 Å². The normalized spacial score (nSPS) is 11.0. The monoisotopic (exact) mass is 312 g/mol. The van der Waals surface area contributed by atoms with E-state index in [2.05, 4.69) is 0 Å². The molecule has 112 valence electrons. The molecule has 1 heterocycles. The quantitative estimate of drug-likeness (QED) is 0.691. The molecule has 3 aromatic rings. The Labute approximate surface area is 133 Å². The molecule has 0 aliphatic heterocycles. The molecule has 0 atom stereocenters. The van der Waals surface area contributed by atoms with Crippen molar-refractivity contribution in [3.63, 3.8) is 0 Å². The van der Waals surface area contributed by atoms with E-state index in [1.54, 1.807) is 13.8 Å². The van der Waals surface area contributed by atoms with E-state index in [0.717, 1.165) is 16.7 Å². The third-order valence-corrected chi connectivity index (χ3v) is 3.72. The van der Waals surface area contributed by atoms with E-state index in [9.17, 15) is 4.79 Å². The summed E-state index contributed by atoms with van der Waals surface area (Å²) in [6, 6.07) is 17.5. The summed E-state index contributed by atoms with van der Waals surface area (Å²) in [4.78, 5) is 17.4. The molecule has 0 radical (unpaired) electrons. The average molecular weight is 312 g/mol. The zero-order valence-corrected chi connectivity index (χ0v) is 13.2. The van der Waals surface area contributed by atoms with Gasteiger partial charge in [0.15, 0.2) is 0 Å². The van der Waals surface area contributed by atoms with Crippen molar-refractivity contribution in [3.05, 3.63) is 59.4 Å². The van der Waals surface area contributed by atoms with Gasteiger partial charge in [0.25, 0.3) is 0 Å². The Bertz CT molecular complexity index is 879. The maximum Gasteiger partial charge on any atom is 0.335 e. The van der Waals surface area contributed by atoms with Gasteiger partial charge in [-0.2, -0.15) is 0 Å². The summed E-state index contributed by atoms with van der Waals surface area (Å²) in [7, 11) is 0. The van der Waals surface area contributed by atoms with Gasteiger partial charge in [-0.15, -0.1) is 4.73 Å². The Hall–Kier alpha value is -2.40. The Balaban J connectivity index is 2.25. The van der Waals surface area contributed by atoms with Crippen LogP contribution in [0.2, 0.25) is 0 Å². The van der Waals surface area contributed by atoms with Crippen molar-refractivity contribution in [2.24, 2.45) is 5.92 Å². The molecule has 0 fully saturated rings. The lowest BCUT2D eigenvalue weighted by Crippen LogP contribution is -2.24. The van der Waals surface area contributed by atoms with Crippen molar-refractivity contribution in [2.45, 2.75) is 13.8 Å². The van der Waals surface area contributed by atoms with Gasteiger partial charge in [-0.1, -0.05) is 44.2 Å². The van der Waals surface area contributed by atoms with Gasteiger partial charge in [0.2, 0.25) is 4.77 Å². The minimum Gasteiger partial charge on any atom is -0.333 e. The van der Waals surface area contributed by atoms with Crippen molar-refractivity contribution < 1.29 is 9.63 Å². The Morgan fingerprint density at radius 1 is 1.00 bits per heavy atom. The highest BCUT2D eigenvalue weighted by atomic mass is 32.1. The second kappa shape index (κ2) is 5.77. The van der Waals surface area contributed by atoms with Gasteiger partial charge in [-0.05, 0) is 36.5 Å². The Morgan fingerprint density at radius 2 is 1.59 bits per heavy atom. The van der Waals surface area contributed by atoms with Crippen LogP contribution in [0.4, 0.5) is 0 Å². The van der Waals surface area contributed by atoms with E-state index in [0.29, 0.717) is 4.77 Å². The largest absolute Gasteiger partial charge is 0.335 e. The molecule has 2 aromatic carbocycles. The van der Waals surface area contributed by atoms with Gasteiger partial charge >= 0.3 is 5.97 Å². The number of carbonyl (C=O) groups excluding carboxylic acids is 1. The highest BCUT2D eigenvalue weighted by Crippen LogP contribution is 2.21. The van der Waals surface area contributed by atoms with Gasteiger partial charge in [-0.3, -0.25) is 4.57 Å². The highest BCUT2D eigenvalue weighted by Gasteiger charge is 2.17. The third-order valence-electron chi connectivity index (χ3n) is 3.37. The fraction of sp³-hybridized carbons (Fsp3) is 0.176. The summed E-state index contributed by atoms with van der Waals surface area (Å²) < 4.78 is 3.76. The topological polar surface area (TPSA) is 36.2 Å². The number of imidazole rings is 1. The summed E-state index contributed by atoms with van der Waals surface area (Å²) in [6.45, 7) is 3.59. The molecule has 22 heavy (non-hydrogen) atoms. The van der Waals surface area contributed by atoms with Gasteiger partial charge in [0.05, 0.1) is 11.4 Å². The predicted molar refractivity (Wildman–Crippen MR) is 88.5 cm³/mol. The smallest absolute Gasteiger partial charge is 0.333 e. The van der Waals surface area contributed by atoms with Crippen LogP contribution < -0.4 is 4.84 Å². The molecule has 0 N–H and O–H groups in total. The average Bonchev–Trinajstić information content (AvgIpc) is 2.80. The molecule has 0 amide bonds. The summed E-state index contributed by atoms with van der Waals surface area (Å²) in [5.74, 6) is -0.534. The molecule has 4 nitrogen and oxygen atoms in total. The van der Waals surface area contributed by atoms with E-state index in [1.165, 1.54) is 4.73 Å². The van der Waals surface area contributed by atoms with Crippen molar-refractivity contribution in [1.82, 2.24) is 9.30 Å². The SMILES string of the molecule is CC(C)C(=O)On1c(=S)n(-c2ccccc2)c2ccccc21. The molecule has 5 heteroatoms. The van der Waals surface area contributed by atoms with Gasteiger partial charge in [0.1, 0.15) is 5.52 Å².